The molecule has 0 unspecified atom stereocenters. The average Bonchev–Trinajstić information content (AvgIpc) is 3.08. The number of carbonyl (C=O) groups is 1. The second kappa shape index (κ2) is 7.16. The van der Waals surface area contributed by atoms with E-state index in [9.17, 15) is 4.79 Å². The molecule has 138 valence electrons. The van der Waals surface area contributed by atoms with Crippen molar-refractivity contribution in [3.8, 4) is 0 Å². The zero-order valence-corrected chi connectivity index (χ0v) is 16.9. The van der Waals surface area contributed by atoms with Crippen molar-refractivity contribution < 1.29 is 4.79 Å². The first kappa shape index (κ1) is 17.7. The molecule has 1 aromatic heterocycles. The van der Waals surface area contributed by atoms with E-state index in [1.165, 1.54) is 24.1 Å². The molecule has 2 aliphatic heterocycles. The molecule has 26 heavy (non-hydrogen) atoms. The fraction of sp³-hybridized carbons (Fsp3) is 0.500. The van der Waals surface area contributed by atoms with Gasteiger partial charge in [0.05, 0.1) is 0 Å². The van der Waals surface area contributed by atoms with E-state index >= 15 is 0 Å². The Morgan fingerprint density at radius 2 is 1.77 bits per heavy atom. The highest BCUT2D eigenvalue weighted by Gasteiger charge is 2.30. The van der Waals surface area contributed by atoms with Gasteiger partial charge in [-0.15, -0.1) is 11.3 Å². The molecule has 0 radical (unpaired) electrons. The Kier molecular flexibility index (Phi) is 4.89. The third-order valence-electron chi connectivity index (χ3n) is 6.00. The summed E-state index contributed by atoms with van der Waals surface area (Å²) in [7, 11) is 0. The van der Waals surface area contributed by atoms with E-state index in [-0.39, 0.29) is 5.91 Å². The molecule has 0 aliphatic carbocycles. The summed E-state index contributed by atoms with van der Waals surface area (Å²) in [6.45, 7) is 10.2. The van der Waals surface area contributed by atoms with Crippen LogP contribution in [0.4, 0.5) is 0 Å². The Labute approximate surface area is 160 Å². The summed E-state index contributed by atoms with van der Waals surface area (Å²) in [6.07, 6.45) is 3.37. The van der Waals surface area contributed by atoms with Crippen LogP contribution in [0.25, 0.3) is 0 Å². The number of nitrogens with zero attached hydrogens (tertiary/aromatic N) is 2. The molecule has 3 nitrogen and oxygen atoms in total. The Hall–Kier alpha value is -1.65. The highest BCUT2D eigenvalue weighted by atomic mass is 32.1. The van der Waals surface area contributed by atoms with E-state index in [1.54, 1.807) is 4.88 Å². The third-order valence-corrected chi connectivity index (χ3v) is 7.02. The topological polar surface area (TPSA) is 23.6 Å². The number of aryl methyl sites for hydroxylation is 3. The summed E-state index contributed by atoms with van der Waals surface area (Å²) in [5, 5.41) is 2.22. The molecular formula is C22H28N2OS. The van der Waals surface area contributed by atoms with E-state index in [0.717, 1.165) is 49.2 Å². The molecule has 2 aliphatic rings. The Balaban J connectivity index is 1.40. The van der Waals surface area contributed by atoms with Gasteiger partial charge >= 0.3 is 0 Å². The predicted molar refractivity (Wildman–Crippen MR) is 108 cm³/mol. The maximum Gasteiger partial charge on any atom is 0.254 e. The average molecular weight is 369 g/mol. The van der Waals surface area contributed by atoms with Gasteiger partial charge in [-0.05, 0) is 68.2 Å². The van der Waals surface area contributed by atoms with Crippen LogP contribution in [0.15, 0.2) is 23.6 Å². The minimum absolute atomic E-state index is 0.220. The lowest BCUT2D eigenvalue weighted by Crippen LogP contribution is -2.48. The molecule has 4 heteroatoms. The maximum absolute atomic E-state index is 13.1. The number of thiophene rings is 1. The zero-order chi connectivity index (χ0) is 18.3. The first-order valence-corrected chi connectivity index (χ1v) is 10.6. The van der Waals surface area contributed by atoms with Gasteiger partial charge in [0, 0.05) is 42.7 Å². The predicted octanol–water partition coefficient (Wildman–Crippen LogP) is 4.34. The van der Waals surface area contributed by atoms with Crippen molar-refractivity contribution in [1.82, 2.24) is 9.80 Å². The number of amides is 1. The molecule has 1 aromatic carbocycles. The number of rotatable bonds is 2. The molecule has 0 saturated carbocycles. The van der Waals surface area contributed by atoms with Crippen molar-refractivity contribution in [3.05, 3.63) is 56.3 Å². The largest absolute Gasteiger partial charge is 0.339 e. The Morgan fingerprint density at radius 1 is 1.08 bits per heavy atom. The molecule has 1 fully saturated rings. The van der Waals surface area contributed by atoms with Crippen molar-refractivity contribution in [1.29, 1.82) is 0 Å². The summed E-state index contributed by atoms with van der Waals surface area (Å²) in [6, 6.07) is 7.15. The molecule has 0 bridgehead atoms. The standard InChI is InChI=1S/C22H28N2OS/c1-15-12-16(2)21(17(3)13-15)22(25)23-8-4-19(5-9-23)24-10-6-20-18(14-24)7-11-26-20/h7,11-13,19H,4-6,8-10,14H2,1-3H3. The summed E-state index contributed by atoms with van der Waals surface area (Å²) >= 11 is 1.90. The van der Waals surface area contributed by atoms with Gasteiger partial charge in [0.2, 0.25) is 0 Å². The van der Waals surface area contributed by atoms with Gasteiger partial charge < -0.3 is 4.90 Å². The summed E-state index contributed by atoms with van der Waals surface area (Å²) in [4.78, 5) is 19.4. The van der Waals surface area contributed by atoms with Crippen LogP contribution in [-0.4, -0.2) is 41.4 Å². The second-order valence-corrected chi connectivity index (χ2v) is 8.89. The number of carbonyl (C=O) groups excluding carboxylic acids is 1. The van der Waals surface area contributed by atoms with Crippen LogP contribution in [0.5, 0.6) is 0 Å². The van der Waals surface area contributed by atoms with Gasteiger partial charge in [0.1, 0.15) is 0 Å². The number of hydrogen-bond donors (Lipinski definition) is 0. The summed E-state index contributed by atoms with van der Waals surface area (Å²) < 4.78 is 0. The summed E-state index contributed by atoms with van der Waals surface area (Å²) in [5.41, 5.74) is 5.88. The van der Waals surface area contributed by atoms with Crippen LogP contribution in [0.2, 0.25) is 0 Å². The minimum Gasteiger partial charge on any atom is -0.339 e. The molecule has 1 amide bonds. The molecule has 0 atom stereocenters. The Morgan fingerprint density at radius 3 is 2.46 bits per heavy atom. The number of benzene rings is 1. The smallest absolute Gasteiger partial charge is 0.254 e. The van der Waals surface area contributed by atoms with E-state index in [0.29, 0.717) is 6.04 Å². The van der Waals surface area contributed by atoms with E-state index in [2.05, 4.69) is 54.2 Å². The molecule has 0 spiro atoms. The minimum atomic E-state index is 0.220. The van der Waals surface area contributed by atoms with Crippen LogP contribution in [0.1, 0.15) is 50.3 Å². The maximum atomic E-state index is 13.1. The van der Waals surface area contributed by atoms with Crippen molar-refractivity contribution in [3.63, 3.8) is 0 Å². The van der Waals surface area contributed by atoms with E-state index in [1.807, 2.05) is 11.3 Å². The van der Waals surface area contributed by atoms with Crippen LogP contribution in [-0.2, 0) is 13.0 Å². The van der Waals surface area contributed by atoms with Crippen LogP contribution in [0, 0.1) is 20.8 Å². The quantitative estimate of drug-likeness (QED) is 0.787. The fourth-order valence-electron chi connectivity index (χ4n) is 4.69. The van der Waals surface area contributed by atoms with Gasteiger partial charge in [0.15, 0.2) is 0 Å². The fourth-order valence-corrected chi connectivity index (χ4v) is 5.58. The van der Waals surface area contributed by atoms with Crippen LogP contribution < -0.4 is 0 Å². The molecule has 1 saturated heterocycles. The first-order valence-electron chi connectivity index (χ1n) is 9.69. The van der Waals surface area contributed by atoms with Gasteiger partial charge in [-0.2, -0.15) is 0 Å². The van der Waals surface area contributed by atoms with Crippen LogP contribution in [0.3, 0.4) is 0 Å². The van der Waals surface area contributed by atoms with Crippen molar-refractivity contribution in [2.45, 2.75) is 52.6 Å². The monoisotopic (exact) mass is 368 g/mol. The van der Waals surface area contributed by atoms with Gasteiger partial charge in [-0.25, -0.2) is 0 Å². The van der Waals surface area contributed by atoms with Crippen molar-refractivity contribution in [2.75, 3.05) is 19.6 Å². The van der Waals surface area contributed by atoms with Crippen LogP contribution >= 0.6 is 11.3 Å². The number of piperidine rings is 1. The van der Waals surface area contributed by atoms with Crippen molar-refractivity contribution >= 4 is 17.2 Å². The lowest BCUT2D eigenvalue weighted by Gasteiger charge is -2.40. The highest BCUT2D eigenvalue weighted by Crippen LogP contribution is 2.29. The van der Waals surface area contributed by atoms with E-state index < -0.39 is 0 Å². The number of fused-ring (bicyclic) bond motifs is 1. The van der Waals surface area contributed by atoms with Gasteiger partial charge in [0.25, 0.3) is 5.91 Å². The third kappa shape index (κ3) is 3.33. The second-order valence-electron chi connectivity index (χ2n) is 7.89. The molecule has 3 heterocycles. The summed E-state index contributed by atoms with van der Waals surface area (Å²) in [5.74, 6) is 0.220. The lowest BCUT2D eigenvalue weighted by atomic mass is 9.96. The van der Waals surface area contributed by atoms with Gasteiger partial charge in [-0.3, -0.25) is 9.69 Å². The molecule has 2 aromatic rings. The zero-order valence-electron chi connectivity index (χ0n) is 16.0. The molecule has 0 N–H and O–H groups in total. The number of likely N-dealkylation sites (tertiary alicyclic amines) is 1. The highest BCUT2D eigenvalue weighted by molar-refractivity contribution is 7.10. The van der Waals surface area contributed by atoms with Gasteiger partial charge in [-0.1, -0.05) is 17.7 Å². The lowest BCUT2D eigenvalue weighted by molar-refractivity contribution is 0.0599. The van der Waals surface area contributed by atoms with E-state index in [4.69, 9.17) is 0 Å². The van der Waals surface area contributed by atoms with Crippen molar-refractivity contribution in [2.24, 2.45) is 0 Å². The SMILES string of the molecule is Cc1cc(C)c(C(=O)N2CCC(N3CCc4sccc4C3)CC2)c(C)c1. The Bertz CT molecular complexity index is 794. The molecular weight excluding hydrogens is 340 g/mol. The molecule has 4 rings (SSSR count). The normalized spacial score (nSPS) is 18.8. The first-order chi connectivity index (χ1) is 12.5. The number of hydrogen-bond acceptors (Lipinski definition) is 3.